The highest BCUT2D eigenvalue weighted by molar-refractivity contribution is 5.12. The van der Waals surface area contributed by atoms with E-state index in [-0.39, 0.29) is 0 Å². The molecule has 0 radical (unpaired) electrons. The first-order chi connectivity index (χ1) is 4.28. The van der Waals surface area contributed by atoms with Crippen LogP contribution in [0, 0.1) is 16.7 Å². The van der Waals surface area contributed by atoms with Crippen LogP contribution in [0.1, 0.15) is 34.6 Å². The molecule has 1 heteroatoms. The molecule has 0 aromatic carbocycles. The first kappa shape index (κ1) is 8.06. The van der Waals surface area contributed by atoms with E-state index in [0.717, 1.165) is 0 Å². The van der Waals surface area contributed by atoms with Crippen LogP contribution in [0.5, 0.6) is 0 Å². The lowest BCUT2D eigenvalue weighted by molar-refractivity contribution is 0.299. The number of hydrogen-bond donors (Lipinski definition) is 1. The maximum Gasteiger partial charge on any atom is 0.0133 e. The summed E-state index contributed by atoms with van der Waals surface area (Å²) in [5.74, 6) is 0.708. The smallest absolute Gasteiger partial charge is 0.0133 e. The van der Waals surface area contributed by atoms with E-state index in [4.69, 9.17) is 5.73 Å². The van der Waals surface area contributed by atoms with Crippen molar-refractivity contribution in [1.82, 2.24) is 0 Å². The van der Waals surface area contributed by atoms with Gasteiger partial charge in [0.2, 0.25) is 0 Å². The topological polar surface area (TPSA) is 26.0 Å². The maximum absolute atomic E-state index is 5.93. The fourth-order valence-electron chi connectivity index (χ4n) is 2.33. The third kappa shape index (κ3) is 0.968. The van der Waals surface area contributed by atoms with Crippen LogP contribution in [0.3, 0.4) is 0 Å². The molecule has 0 amide bonds. The predicted molar refractivity (Wildman–Crippen MR) is 44.7 cm³/mol. The third-order valence-electron chi connectivity index (χ3n) is 2.84. The molecule has 10 heavy (non-hydrogen) atoms. The Morgan fingerprint density at radius 2 is 1.50 bits per heavy atom. The van der Waals surface area contributed by atoms with Gasteiger partial charge in [-0.15, -0.1) is 0 Å². The summed E-state index contributed by atoms with van der Waals surface area (Å²) in [5, 5.41) is 0. The van der Waals surface area contributed by atoms with Gasteiger partial charge < -0.3 is 5.73 Å². The first-order valence-electron chi connectivity index (χ1n) is 4.03. The molecule has 2 atom stereocenters. The maximum atomic E-state index is 5.93. The van der Waals surface area contributed by atoms with E-state index in [1.165, 1.54) is 0 Å². The van der Waals surface area contributed by atoms with Gasteiger partial charge in [-0.05, 0) is 16.7 Å². The van der Waals surface area contributed by atoms with Gasteiger partial charge in [-0.3, -0.25) is 0 Å². The third-order valence-corrected chi connectivity index (χ3v) is 2.84. The van der Waals surface area contributed by atoms with Crippen LogP contribution < -0.4 is 5.73 Å². The van der Waals surface area contributed by atoms with E-state index in [1.807, 2.05) is 0 Å². The van der Waals surface area contributed by atoms with Crippen molar-refractivity contribution in [2.45, 2.75) is 40.7 Å². The molecular weight excluding hydrogens is 122 g/mol. The van der Waals surface area contributed by atoms with Crippen LogP contribution >= 0.6 is 0 Å². The van der Waals surface area contributed by atoms with Gasteiger partial charge in [0, 0.05) is 6.04 Å². The molecule has 1 fully saturated rings. The summed E-state index contributed by atoms with van der Waals surface area (Å²) in [6, 6.07) is 0.424. The highest BCUT2D eigenvalue weighted by Crippen LogP contribution is 2.58. The largest absolute Gasteiger partial charge is 0.327 e. The normalized spacial score (nSPS) is 37.8. The van der Waals surface area contributed by atoms with Crippen LogP contribution in [0.25, 0.3) is 0 Å². The van der Waals surface area contributed by atoms with E-state index in [9.17, 15) is 0 Å². The van der Waals surface area contributed by atoms with Gasteiger partial charge in [0.05, 0.1) is 0 Å². The van der Waals surface area contributed by atoms with Crippen molar-refractivity contribution in [3.63, 3.8) is 0 Å². The lowest BCUT2D eigenvalue weighted by Gasteiger charge is -2.19. The van der Waals surface area contributed by atoms with Gasteiger partial charge in [-0.2, -0.15) is 0 Å². The minimum Gasteiger partial charge on any atom is -0.327 e. The molecule has 1 saturated carbocycles. The summed E-state index contributed by atoms with van der Waals surface area (Å²) in [7, 11) is 0. The van der Waals surface area contributed by atoms with Gasteiger partial charge in [-0.1, -0.05) is 34.6 Å². The van der Waals surface area contributed by atoms with Crippen molar-refractivity contribution in [2.24, 2.45) is 22.5 Å². The molecule has 2 N–H and O–H groups in total. The molecule has 0 saturated heterocycles. The van der Waals surface area contributed by atoms with Crippen molar-refractivity contribution >= 4 is 0 Å². The van der Waals surface area contributed by atoms with Gasteiger partial charge in [-0.25, -0.2) is 0 Å². The number of nitrogens with two attached hydrogens (primary N) is 1. The Morgan fingerprint density at radius 1 is 1.20 bits per heavy atom. The van der Waals surface area contributed by atoms with Crippen LogP contribution in [0.15, 0.2) is 0 Å². The van der Waals surface area contributed by atoms with Crippen LogP contribution in [-0.2, 0) is 0 Å². The van der Waals surface area contributed by atoms with Crippen molar-refractivity contribution in [1.29, 1.82) is 0 Å². The lowest BCUT2D eigenvalue weighted by atomic mass is 9.86. The molecule has 0 bridgehead atoms. The second kappa shape index (κ2) is 1.76. The van der Waals surface area contributed by atoms with Crippen molar-refractivity contribution in [3.05, 3.63) is 0 Å². The summed E-state index contributed by atoms with van der Waals surface area (Å²) in [6.07, 6.45) is 0. The Morgan fingerprint density at radius 3 is 1.50 bits per heavy atom. The van der Waals surface area contributed by atoms with E-state index < -0.39 is 0 Å². The summed E-state index contributed by atoms with van der Waals surface area (Å²) in [5.41, 5.74) is 6.71. The molecule has 1 aliphatic carbocycles. The first-order valence-corrected chi connectivity index (χ1v) is 4.03. The minimum absolute atomic E-state index is 0.387. The molecule has 1 rings (SSSR count). The van der Waals surface area contributed by atoms with Crippen LogP contribution in [-0.4, -0.2) is 6.04 Å². The molecule has 60 valence electrons. The highest BCUT2D eigenvalue weighted by Gasteiger charge is 2.60. The second-order valence-corrected chi connectivity index (χ2v) is 5.19. The van der Waals surface area contributed by atoms with Gasteiger partial charge >= 0.3 is 0 Å². The standard InChI is InChI=1S/C9H19N/c1-8(2,3)6-7(10)9(6,4)5/h6-7H,10H2,1-5H3/t6-,7+/m0/s1. The molecule has 0 aliphatic heterocycles. The summed E-state index contributed by atoms with van der Waals surface area (Å²) in [4.78, 5) is 0. The van der Waals surface area contributed by atoms with Crippen molar-refractivity contribution in [3.8, 4) is 0 Å². The van der Waals surface area contributed by atoms with E-state index >= 15 is 0 Å². The fraction of sp³-hybridized carbons (Fsp3) is 1.00. The van der Waals surface area contributed by atoms with Gasteiger partial charge in [0.25, 0.3) is 0 Å². The number of hydrogen-bond acceptors (Lipinski definition) is 1. The molecule has 0 unspecified atom stereocenters. The zero-order valence-corrected chi connectivity index (χ0v) is 7.73. The van der Waals surface area contributed by atoms with E-state index in [0.29, 0.717) is 22.8 Å². The monoisotopic (exact) mass is 141 g/mol. The van der Waals surface area contributed by atoms with Crippen molar-refractivity contribution < 1.29 is 0 Å². The molecule has 0 heterocycles. The molecule has 0 aromatic heterocycles. The van der Waals surface area contributed by atoms with Crippen LogP contribution in [0.2, 0.25) is 0 Å². The molecule has 0 aromatic rings. The average Bonchev–Trinajstić information content (AvgIpc) is 2.03. The Hall–Kier alpha value is -0.0400. The molecular formula is C9H19N. The summed E-state index contributed by atoms with van der Waals surface area (Å²) < 4.78 is 0. The Kier molecular flexibility index (Phi) is 1.42. The summed E-state index contributed by atoms with van der Waals surface area (Å²) >= 11 is 0. The Bertz CT molecular complexity index is 131. The van der Waals surface area contributed by atoms with Crippen LogP contribution in [0.4, 0.5) is 0 Å². The predicted octanol–water partition coefficient (Wildman–Crippen LogP) is 2.02. The van der Waals surface area contributed by atoms with E-state index in [1.54, 1.807) is 0 Å². The fourth-order valence-corrected chi connectivity index (χ4v) is 2.33. The SMILES string of the molecule is CC(C)(C)[C@@H]1[C@@H](N)C1(C)C. The van der Waals surface area contributed by atoms with Gasteiger partial charge in [0.15, 0.2) is 0 Å². The Balaban J connectivity index is 2.66. The van der Waals surface area contributed by atoms with Gasteiger partial charge in [0.1, 0.15) is 0 Å². The van der Waals surface area contributed by atoms with E-state index in [2.05, 4.69) is 34.6 Å². The number of rotatable bonds is 0. The average molecular weight is 141 g/mol. The molecule has 0 spiro atoms. The minimum atomic E-state index is 0.387. The molecule has 1 aliphatic rings. The summed E-state index contributed by atoms with van der Waals surface area (Å²) in [6.45, 7) is 11.3. The zero-order chi connectivity index (χ0) is 8.15. The zero-order valence-electron chi connectivity index (χ0n) is 7.73. The quantitative estimate of drug-likeness (QED) is 0.548. The second-order valence-electron chi connectivity index (χ2n) is 5.19. The lowest BCUT2D eigenvalue weighted by Crippen LogP contribution is -2.15. The highest BCUT2D eigenvalue weighted by atomic mass is 14.9. The molecule has 1 nitrogen and oxygen atoms in total. The Labute approximate surface area is 64.0 Å². The van der Waals surface area contributed by atoms with Crippen molar-refractivity contribution in [2.75, 3.05) is 0 Å².